The van der Waals surface area contributed by atoms with E-state index in [9.17, 15) is 4.79 Å². The number of H-pyrrole nitrogens is 1. The molecule has 1 aliphatic rings. The van der Waals surface area contributed by atoms with Gasteiger partial charge in [0, 0.05) is 18.3 Å². The van der Waals surface area contributed by atoms with Crippen molar-refractivity contribution >= 4 is 0 Å². The number of nitrogens with zero attached hydrogens (tertiary/aromatic N) is 1. The van der Waals surface area contributed by atoms with E-state index in [4.69, 9.17) is 15.2 Å². The Bertz CT molecular complexity index is 654. The van der Waals surface area contributed by atoms with Crippen molar-refractivity contribution in [2.75, 3.05) is 6.61 Å². The Balaban J connectivity index is 1.89. The van der Waals surface area contributed by atoms with E-state index in [0.29, 0.717) is 29.5 Å². The van der Waals surface area contributed by atoms with Gasteiger partial charge in [-0.3, -0.25) is 4.79 Å². The third-order valence-corrected chi connectivity index (χ3v) is 2.93. The molecule has 0 amide bonds. The highest BCUT2D eigenvalue weighted by Crippen LogP contribution is 2.34. The topological polar surface area (TPSA) is 90.2 Å². The smallest absolute Gasteiger partial charge is 0.255 e. The zero-order valence-electron chi connectivity index (χ0n) is 10.1. The van der Waals surface area contributed by atoms with E-state index in [-0.39, 0.29) is 12.1 Å². The Labute approximate surface area is 109 Å². The van der Waals surface area contributed by atoms with Gasteiger partial charge in [0.25, 0.3) is 5.56 Å². The lowest BCUT2D eigenvalue weighted by Crippen LogP contribution is -2.27. The van der Waals surface area contributed by atoms with Gasteiger partial charge in [0.15, 0.2) is 23.4 Å². The number of hydrogen-bond donors (Lipinski definition) is 2. The van der Waals surface area contributed by atoms with Crippen LogP contribution in [0.2, 0.25) is 0 Å². The van der Waals surface area contributed by atoms with Gasteiger partial charge >= 0.3 is 0 Å². The van der Waals surface area contributed by atoms with Crippen molar-refractivity contribution in [3.63, 3.8) is 0 Å². The molecule has 3 rings (SSSR count). The number of nitrogens with two attached hydrogens (primary N) is 1. The fourth-order valence-electron chi connectivity index (χ4n) is 1.90. The predicted molar refractivity (Wildman–Crippen MR) is 68.1 cm³/mol. The van der Waals surface area contributed by atoms with Gasteiger partial charge in [0.05, 0.1) is 0 Å². The average molecular weight is 259 g/mol. The maximum absolute atomic E-state index is 11.7. The van der Waals surface area contributed by atoms with Gasteiger partial charge in [-0.25, -0.2) is 4.98 Å². The van der Waals surface area contributed by atoms with E-state index in [1.165, 1.54) is 6.20 Å². The van der Waals surface area contributed by atoms with Crippen LogP contribution in [-0.2, 0) is 6.54 Å². The van der Waals surface area contributed by atoms with Crippen molar-refractivity contribution in [3.8, 4) is 11.5 Å². The molecule has 0 radical (unpaired) electrons. The SMILES string of the molecule is NCc1cnc(C2COc3ccccc3O2)[nH]c1=O. The molecule has 0 spiro atoms. The van der Waals surface area contributed by atoms with Gasteiger partial charge in [0.2, 0.25) is 0 Å². The van der Waals surface area contributed by atoms with Crippen molar-refractivity contribution in [2.24, 2.45) is 5.73 Å². The van der Waals surface area contributed by atoms with Crippen LogP contribution >= 0.6 is 0 Å². The van der Waals surface area contributed by atoms with Gasteiger partial charge in [0.1, 0.15) is 6.61 Å². The number of rotatable bonds is 2. The van der Waals surface area contributed by atoms with Gasteiger partial charge in [-0.05, 0) is 12.1 Å². The summed E-state index contributed by atoms with van der Waals surface area (Å²) in [6.45, 7) is 0.468. The highest BCUT2D eigenvalue weighted by Gasteiger charge is 2.24. The fourth-order valence-corrected chi connectivity index (χ4v) is 1.90. The van der Waals surface area contributed by atoms with Crippen molar-refractivity contribution in [3.05, 3.63) is 52.2 Å². The molecule has 0 bridgehead atoms. The molecule has 1 aromatic heterocycles. The highest BCUT2D eigenvalue weighted by atomic mass is 16.6. The van der Waals surface area contributed by atoms with Gasteiger partial charge < -0.3 is 20.2 Å². The minimum absolute atomic E-state index is 0.160. The molecule has 6 heteroatoms. The van der Waals surface area contributed by atoms with Crippen LogP contribution in [0.3, 0.4) is 0 Å². The van der Waals surface area contributed by atoms with Crippen LogP contribution in [0.4, 0.5) is 0 Å². The number of fused-ring (bicyclic) bond motifs is 1. The second-order valence-corrected chi connectivity index (χ2v) is 4.19. The number of ether oxygens (including phenoxy) is 2. The molecule has 6 nitrogen and oxygen atoms in total. The monoisotopic (exact) mass is 259 g/mol. The van der Waals surface area contributed by atoms with E-state index in [0.717, 1.165) is 0 Å². The largest absolute Gasteiger partial charge is 0.485 e. The Hall–Kier alpha value is -2.34. The Morgan fingerprint density at radius 1 is 1.37 bits per heavy atom. The van der Waals surface area contributed by atoms with Crippen molar-refractivity contribution in [1.82, 2.24) is 9.97 Å². The minimum atomic E-state index is -0.422. The van der Waals surface area contributed by atoms with Crippen LogP contribution in [0.1, 0.15) is 17.5 Å². The molecule has 19 heavy (non-hydrogen) atoms. The number of aromatic amines is 1. The molecule has 1 aliphatic heterocycles. The standard InChI is InChI=1S/C13H13N3O3/c14-5-8-6-15-12(16-13(8)17)11-7-18-9-3-1-2-4-10(9)19-11/h1-4,6,11H,5,7,14H2,(H,15,16,17). The molecule has 1 unspecified atom stereocenters. The molecule has 1 atom stereocenters. The first-order chi connectivity index (χ1) is 9.28. The number of benzene rings is 1. The summed E-state index contributed by atoms with van der Waals surface area (Å²) in [6.07, 6.45) is 1.05. The number of nitrogens with one attached hydrogen (secondary N) is 1. The number of aromatic nitrogens is 2. The quantitative estimate of drug-likeness (QED) is 0.830. The van der Waals surface area contributed by atoms with E-state index in [1.54, 1.807) is 0 Å². The van der Waals surface area contributed by atoms with Crippen LogP contribution in [0, 0.1) is 0 Å². The Morgan fingerprint density at radius 2 is 2.16 bits per heavy atom. The van der Waals surface area contributed by atoms with Crippen LogP contribution in [0.25, 0.3) is 0 Å². The third kappa shape index (κ3) is 2.17. The molecule has 0 saturated heterocycles. The maximum Gasteiger partial charge on any atom is 0.255 e. The molecule has 98 valence electrons. The normalized spacial score (nSPS) is 17.2. The summed E-state index contributed by atoms with van der Waals surface area (Å²) < 4.78 is 11.3. The van der Waals surface area contributed by atoms with E-state index in [1.807, 2.05) is 24.3 Å². The maximum atomic E-state index is 11.7. The predicted octanol–water partition coefficient (Wildman–Crippen LogP) is 0.741. The first-order valence-electron chi connectivity index (χ1n) is 5.94. The summed E-state index contributed by atoms with van der Waals surface area (Å²) >= 11 is 0. The lowest BCUT2D eigenvalue weighted by Gasteiger charge is -2.25. The van der Waals surface area contributed by atoms with Gasteiger partial charge in [-0.15, -0.1) is 0 Å². The summed E-state index contributed by atoms with van der Waals surface area (Å²) in [7, 11) is 0. The van der Waals surface area contributed by atoms with E-state index in [2.05, 4.69) is 9.97 Å². The van der Waals surface area contributed by atoms with E-state index < -0.39 is 6.10 Å². The minimum Gasteiger partial charge on any atom is -0.485 e. The lowest BCUT2D eigenvalue weighted by molar-refractivity contribution is 0.0848. The van der Waals surface area contributed by atoms with Crippen molar-refractivity contribution in [2.45, 2.75) is 12.6 Å². The summed E-state index contributed by atoms with van der Waals surface area (Å²) in [4.78, 5) is 18.5. The zero-order valence-corrected chi connectivity index (χ0v) is 10.1. The molecule has 0 fully saturated rings. The van der Waals surface area contributed by atoms with Gasteiger partial charge in [-0.1, -0.05) is 12.1 Å². The first kappa shape index (κ1) is 11.7. The summed E-state index contributed by atoms with van der Waals surface area (Å²) in [5.41, 5.74) is 5.63. The molecule has 0 saturated carbocycles. The highest BCUT2D eigenvalue weighted by molar-refractivity contribution is 5.40. The summed E-state index contributed by atoms with van der Waals surface area (Å²) in [6, 6.07) is 7.38. The molecule has 3 N–H and O–H groups in total. The number of hydrogen-bond acceptors (Lipinski definition) is 5. The van der Waals surface area contributed by atoms with Crippen molar-refractivity contribution in [1.29, 1.82) is 0 Å². The van der Waals surface area contributed by atoms with Crippen LogP contribution in [-0.4, -0.2) is 16.6 Å². The molecule has 0 aliphatic carbocycles. The Kier molecular flexibility index (Phi) is 2.92. The zero-order chi connectivity index (χ0) is 13.2. The number of para-hydroxylation sites is 2. The van der Waals surface area contributed by atoms with Crippen molar-refractivity contribution < 1.29 is 9.47 Å². The van der Waals surface area contributed by atoms with Crippen LogP contribution in [0.15, 0.2) is 35.3 Å². The molecule has 2 heterocycles. The van der Waals surface area contributed by atoms with Crippen LogP contribution < -0.4 is 20.8 Å². The van der Waals surface area contributed by atoms with Gasteiger partial charge in [-0.2, -0.15) is 0 Å². The molecular weight excluding hydrogens is 246 g/mol. The third-order valence-electron chi connectivity index (χ3n) is 2.93. The van der Waals surface area contributed by atoms with Crippen LogP contribution in [0.5, 0.6) is 11.5 Å². The molecule has 2 aromatic rings. The molecular formula is C13H13N3O3. The van der Waals surface area contributed by atoms with E-state index >= 15 is 0 Å². The Morgan fingerprint density at radius 3 is 2.89 bits per heavy atom. The fraction of sp³-hybridized carbons (Fsp3) is 0.231. The second kappa shape index (κ2) is 4.74. The first-order valence-corrected chi connectivity index (χ1v) is 5.94. The second-order valence-electron chi connectivity index (χ2n) is 4.19. The summed E-state index contributed by atoms with van der Waals surface area (Å²) in [5.74, 6) is 1.78. The lowest BCUT2D eigenvalue weighted by atomic mass is 10.2. The summed E-state index contributed by atoms with van der Waals surface area (Å²) in [5, 5.41) is 0. The molecule has 1 aromatic carbocycles. The average Bonchev–Trinajstić information content (AvgIpc) is 2.46.